The van der Waals surface area contributed by atoms with E-state index in [-0.39, 0.29) is 34.4 Å². The lowest BCUT2D eigenvalue weighted by Crippen LogP contribution is -2.36. The molecule has 32 heavy (non-hydrogen) atoms. The summed E-state index contributed by atoms with van der Waals surface area (Å²) in [5.41, 5.74) is 0.0944. The zero-order valence-corrected chi connectivity index (χ0v) is 19.6. The predicted octanol–water partition coefficient (Wildman–Crippen LogP) is 3.76. The lowest BCUT2D eigenvalue weighted by Gasteiger charge is -2.34. The normalized spacial score (nSPS) is 16.2. The van der Waals surface area contributed by atoms with Crippen LogP contribution in [-0.4, -0.2) is 56.3 Å². The summed E-state index contributed by atoms with van der Waals surface area (Å²) in [6.07, 6.45) is 3.60. The quantitative estimate of drug-likeness (QED) is 0.524. The van der Waals surface area contributed by atoms with E-state index in [0.29, 0.717) is 6.54 Å². The Labute approximate surface area is 191 Å². The maximum atomic E-state index is 12.3. The van der Waals surface area contributed by atoms with Gasteiger partial charge in [-0.15, -0.1) is 11.3 Å². The molecule has 1 saturated heterocycles. The number of nitrogens with one attached hydrogen (secondary N) is 1. The van der Waals surface area contributed by atoms with Crippen molar-refractivity contribution in [3.05, 3.63) is 40.2 Å². The van der Waals surface area contributed by atoms with Gasteiger partial charge in [0.25, 0.3) is 15.9 Å². The van der Waals surface area contributed by atoms with Gasteiger partial charge in [0.15, 0.2) is 5.76 Å². The molecular formula is C21H25N5O4S2. The molecule has 4 rings (SSSR count). The summed E-state index contributed by atoms with van der Waals surface area (Å²) in [5.74, 6) is 0.435. The summed E-state index contributed by atoms with van der Waals surface area (Å²) in [4.78, 5) is 7.90. The molecule has 1 N–H and O–H groups in total. The molecule has 1 fully saturated rings. The van der Waals surface area contributed by atoms with Crippen molar-refractivity contribution in [2.45, 2.75) is 30.4 Å². The molecule has 4 heterocycles. The van der Waals surface area contributed by atoms with E-state index in [4.69, 9.17) is 8.83 Å². The minimum atomic E-state index is -3.72. The van der Waals surface area contributed by atoms with Gasteiger partial charge in [-0.05, 0) is 49.5 Å². The van der Waals surface area contributed by atoms with Crippen LogP contribution >= 0.6 is 11.3 Å². The molecule has 1 unspecified atom stereocenters. The topological polar surface area (TPSA) is 116 Å². The fourth-order valence-electron chi connectivity index (χ4n) is 3.68. The minimum Gasteiger partial charge on any atom is -0.438 e. The van der Waals surface area contributed by atoms with Crippen molar-refractivity contribution in [2.75, 3.05) is 39.0 Å². The number of piperidine rings is 1. The Morgan fingerprint density at radius 2 is 2.03 bits per heavy atom. The van der Waals surface area contributed by atoms with E-state index >= 15 is 0 Å². The molecule has 0 aliphatic carbocycles. The third-order valence-corrected chi connectivity index (χ3v) is 8.08. The van der Waals surface area contributed by atoms with Crippen LogP contribution in [0.15, 0.2) is 43.6 Å². The number of hydrogen-bond acceptors (Lipinski definition) is 9. The number of furan rings is 1. The number of aromatic nitrogens is 1. The first-order valence-electron chi connectivity index (χ1n) is 10.3. The molecule has 9 nitrogen and oxygen atoms in total. The number of nitriles is 1. The highest BCUT2D eigenvalue weighted by Gasteiger charge is 2.26. The number of anilines is 1. The maximum absolute atomic E-state index is 12.3. The standard InChI is InChI=1S/C21H25N5O4S2/c1-25(2)32(27,28)19-9-8-17(29-19)21-24-15(13-22)20(30-21)23-14-16(18-7-6-12-31-18)26-10-4-3-5-11-26/h6-9,12,16,23H,3-5,10-11,14H2,1-2H3. The second-order valence-electron chi connectivity index (χ2n) is 7.72. The summed E-state index contributed by atoms with van der Waals surface area (Å²) in [6, 6.07) is 9.17. The van der Waals surface area contributed by atoms with Crippen molar-refractivity contribution in [2.24, 2.45) is 0 Å². The van der Waals surface area contributed by atoms with Crippen LogP contribution in [0.3, 0.4) is 0 Å². The molecule has 170 valence electrons. The van der Waals surface area contributed by atoms with E-state index in [0.717, 1.165) is 17.4 Å². The fourth-order valence-corrected chi connectivity index (χ4v) is 5.34. The first kappa shape index (κ1) is 22.5. The summed E-state index contributed by atoms with van der Waals surface area (Å²) >= 11 is 1.71. The third-order valence-electron chi connectivity index (χ3n) is 5.42. The summed E-state index contributed by atoms with van der Waals surface area (Å²) in [7, 11) is -0.877. The fraction of sp³-hybridized carbons (Fsp3) is 0.429. The third kappa shape index (κ3) is 4.59. The second kappa shape index (κ2) is 9.46. The van der Waals surface area contributed by atoms with Crippen LogP contribution in [0.1, 0.15) is 35.9 Å². The van der Waals surface area contributed by atoms with E-state index < -0.39 is 10.0 Å². The van der Waals surface area contributed by atoms with Crippen LogP contribution in [0, 0.1) is 11.3 Å². The average Bonchev–Trinajstić information content (AvgIpc) is 3.55. The van der Waals surface area contributed by atoms with Crippen LogP contribution in [0.25, 0.3) is 11.7 Å². The van der Waals surface area contributed by atoms with Gasteiger partial charge in [0.2, 0.25) is 16.7 Å². The van der Waals surface area contributed by atoms with Gasteiger partial charge < -0.3 is 14.2 Å². The Hall–Kier alpha value is -2.65. The van der Waals surface area contributed by atoms with Crippen molar-refractivity contribution >= 4 is 27.2 Å². The molecule has 1 atom stereocenters. The van der Waals surface area contributed by atoms with E-state index in [1.54, 1.807) is 11.3 Å². The maximum Gasteiger partial charge on any atom is 0.275 e. The zero-order chi connectivity index (χ0) is 22.7. The van der Waals surface area contributed by atoms with Gasteiger partial charge in [-0.1, -0.05) is 12.5 Å². The summed E-state index contributed by atoms with van der Waals surface area (Å²) in [6.45, 7) is 2.63. The van der Waals surface area contributed by atoms with Gasteiger partial charge in [-0.2, -0.15) is 10.2 Å². The molecule has 3 aromatic heterocycles. The van der Waals surface area contributed by atoms with Crippen molar-refractivity contribution < 1.29 is 17.3 Å². The molecule has 0 aromatic carbocycles. The number of nitrogens with zero attached hydrogens (tertiary/aromatic N) is 4. The predicted molar refractivity (Wildman–Crippen MR) is 121 cm³/mol. The Kier molecular flexibility index (Phi) is 6.66. The first-order chi connectivity index (χ1) is 15.4. The second-order valence-corrected chi connectivity index (χ2v) is 10.8. The lowest BCUT2D eigenvalue weighted by atomic mass is 10.1. The first-order valence-corrected chi connectivity index (χ1v) is 12.7. The van der Waals surface area contributed by atoms with Crippen molar-refractivity contribution in [3.8, 4) is 17.7 Å². The van der Waals surface area contributed by atoms with Gasteiger partial charge in [0.05, 0.1) is 6.04 Å². The molecule has 0 radical (unpaired) electrons. The molecule has 3 aromatic rings. The molecule has 1 aliphatic heterocycles. The monoisotopic (exact) mass is 475 g/mol. The number of oxazole rings is 1. The Bertz CT molecular complexity index is 1190. The number of thiophene rings is 1. The van der Waals surface area contributed by atoms with Crippen LogP contribution in [0.4, 0.5) is 5.88 Å². The molecule has 0 bridgehead atoms. The molecule has 1 aliphatic rings. The van der Waals surface area contributed by atoms with Gasteiger partial charge >= 0.3 is 0 Å². The Morgan fingerprint density at radius 3 is 2.69 bits per heavy atom. The molecule has 0 amide bonds. The minimum absolute atomic E-state index is 0.0508. The summed E-state index contributed by atoms with van der Waals surface area (Å²) < 4.78 is 36.8. The van der Waals surface area contributed by atoms with Crippen molar-refractivity contribution in [3.63, 3.8) is 0 Å². The van der Waals surface area contributed by atoms with Crippen LogP contribution in [-0.2, 0) is 10.0 Å². The molecule has 0 saturated carbocycles. The van der Waals surface area contributed by atoms with E-state index in [1.165, 1.54) is 50.4 Å². The highest BCUT2D eigenvalue weighted by atomic mass is 32.2. The largest absolute Gasteiger partial charge is 0.438 e. The van der Waals surface area contributed by atoms with Crippen LogP contribution < -0.4 is 5.32 Å². The molecule has 0 spiro atoms. The number of hydrogen-bond donors (Lipinski definition) is 1. The smallest absolute Gasteiger partial charge is 0.275 e. The number of rotatable bonds is 8. The highest BCUT2D eigenvalue weighted by molar-refractivity contribution is 7.88. The average molecular weight is 476 g/mol. The van der Waals surface area contributed by atoms with Crippen molar-refractivity contribution in [1.82, 2.24) is 14.2 Å². The van der Waals surface area contributed by atoms with E-state index in [1.807, 2.05) is 12.1 Å². The lowest BCUT2D eigenvalue weighted by molar-refractivity contribution is 0.172. The van der Waals surface area contributed by atoms with Crippen LogP contribution in [0.2, 0.25) is 0 Å². The number of likely N-dealkylation sites (tertiary alicyclic amines) is 1. The van der Waals surface area contributed by atoms with Gasteiger partial charge in [-0.25, -0.2) is 12.7 Å². The molecular weight excluding hydrogens is 450 g/mol. The number of sulfonamides is 1. The Balaban J connectivity index is 1.55. The van der Waals surface area contributed by atoms with E-state index in [2.05, 4.69) is 26.6 Å². The van der Waals surface area contributed by atoms with E-state index in [9.17, 15) is 13.7 Å². The summed E-state index contributed by atoms with van der Waals surface area (Å²) in [5, 5.41) is 14.6. The van der Waals surface area contributed by atoms with Gasteiger partial charge in [0, 0.05) is 25.5 Å². The molecule has 11 heteroatoms. The zero-order valence-electron chi connectivity index (χ0n) is 17.9. The van der Waals surface area contributed by atoms with Gasteiger partial charge in [0.1, 0.15) is 6.07 Å². The highest BCUT2D eigenvalue weighted by Crippen LogP contribution is 2.31. The van der Waals surface area contributed by atoms with Crippen LogP contribution in [0.5, 0.6) is 0 Å². The SMILES string of the molecule is CN(C)S(=O)(=O)c1ccc(-c2nc(C#N)c(NCC(c3cccs3)N3CCCCC3)o2)o1. The van der Waals surface area contributed by atoms with Gasteiger partial charge in [-0.3, -0.25) is 4.90 Å². The Morgan fingerprint density at radius 1 is 1.25 bits per heavy atom. The van der Waals surface area contributed by atoms with Crippen molar-refractivity contribution in [1.29, 1.82) is 5.26 Å².